The number of hydrogen-bond acceptors (Lipinski definition) is 8. The molecule has 3 heterocycles. The Labute approximate surface area is 217 Å². The molecular weight excluding hydrogens is 492 g/mol. The van der Waals surface area contributed by atoms with Crippen LogP contribution in [0.5, 0.6) is 11.6 Å². The number of nitrogens with one attached hydrogen (secondary N) is 3. The van der Waals surface area contributed by atoms with Gasteiger partial charge in [0.15, 0.2) is 0 Å². The molecule has 0 radical (unpaired) electrons. The van der Waals surface area contributed by atoms with Crippen LogP contribution in [0.1, 0.15) is 31.7 Å². The molecule has 2 unspecified atom stereocenters. The third-order valence-electron chi connectivity index (χ3n) is 5.95. The summed E-state index contributed by atoms with van der Waals surface area (Å²) in [4.78, 5) is 14.7. The molecule has 1 aliphatic heterocycles. The first kappa shape index (κ1) is 24.6. The third-order valence-corrected chi connectivity index (χ3v) is 8.20. The fourth-order valence-corrected chi connectivity index (χ4v) is 5.58. The normalized spacial score (nSPS) is 16.7. The lowest BCUT2D eigenvalue weighted by Gasteiger charge is -2.23. The van der Waals surface area contributed by atoms with Gasteiger partial charge >= 0.3 is 0 Å². The van der Waals surface area contributed by atoms with E-state index in [2.05, 4.69) is 25.3 Å². The molecule has 2 aromatic carbocycles. The average Bonchev–Trinajstić information content (AvgIpc) is 3.26. The van der Waals surface area contributed by atoms with Crippen LogP contribution in [0, 0.1) is 6.92 Å². The summed E-state index contributed by atoms with van der Waals surface area (Å²) in [7, 11) is -1.18. The first-order valence-electron chi connectivity index (χ1n) is 12.1. The number of fused-ring (bicyclic) bond motifs is 1. The smallest absolute Gasteiger partial charge is 0.240 e. The number of benzene rings is 2. The number of anilines is 2. The van der Waals surface area contributed by atoms with E-state index in [1.54, 1.807) is 17.5 Å². The molecule has 0 aliphatic carbocycles. The highest BCUT2D eigenvalue weighted by molar-refractivity contribution is 7.86. The summed E-state index contributed by atoms with van der Waals surface area (Å²) < 4.78 is 22.0. The number of ether oxygens (including phenoxy) is 1. The molecule has 0 bridgehead atoms. The zero-order valence-electron chi connectivity index (χ0n) is 20.6. The molecule has 5 rings (SSSR count). The van der Waals surface area contributed by atoms with Crippen LogP contribution < -0.4 is 20.1 Å². The van der Waals surface area contributed by atoms with Crippen molar-refractivity contribution in [3.63, 3.8) is 0 Å². The van der Waals surface area contributed by atoms with Crippen molar-refractivity contribution in [3.8, 4) is 22.2 Å². The van der Waals surface area contributed by atoms with Crippen LogP contribution in [0.4, 0.5) is 11.6 Å². The third kappa shape index (κ3) is 5.50. The molecule has 36 heavy (non-hydrogen) atoms. The summed E-state index contributed by atoms with van der Waals surface area (Å²) in [5.74, 6) is 1.80. The summed E-state index contributed by atoms with van der Waals surface area (Å²) in [5, 5.41) is 9.59. The van der Waals surface area contributed by atoms with Crippen molar-refractivity contribution in [3.05, 3.63) is 53.7 Å². The van der Waals surface area contributed by atoms with Gasteiger partial charge in [0, 0.05) is 34.8 Å². The molecule has 10 heteroatoms. The summed E-state index contributed by atoms with van der Waals surface area (Å²) in [5.41, 5.74) is 1.58. The highest BCUT2D eigenvalue weighted by Gasteiger charge is 2.19. The van der Waals surface area contributed by atoms with Gasteiger partial charge in [-0.25, -0.2) is 19.2 Å². The monoisotopic (exact) mass is 522 g/mol. The van der Waals surface area contributed by atoms with Gasteiger partial charge in [-0.3, -0.25) is 0 Å². The molecule has 4 aromatic rings. The Kier molecular flexibility index (Phi) is 7.45. The van der Waals surface area contributed by atoms with E-state index in [9.17, 15) is 4.21 Å². The molecule has 1 fully saturated rings. The van der Waals surface area contributed by atoms with Gasteiger partial charge in [0.2, 0.25) is 11.8 Å². The lowest BCUT2D eigenvalue weighted by molar-refractivity contribution is 0.472. The maximum Gasteiger partial charge on any atom is 0.240 e. The minimum Gasteiger partial charge on any atom is -0.437 e. The Morgan fingerprint density at radius 2 is 1.97 bits per heavy atom. The Balaban J connectivity index is 1.45. The molecule has 0 spiro atoms. The number of rotatable bonds is 8. The van der Waals surface area contributed by atoms with Crippen LogP contribution in [0.25, 0.3) is 21.3 Å². The van der Waals surface area contributed by atoms with Crippen molar-refractivity contribution in [2.45, 2.75) is 44.9 Å². The second-order valence-electron chi connectivity index (χ2n) is 9.03. The van der Waals surface area contributed by atoms with E-state index in [1.807, 2.05) is 63.2 Å². The number of nitrogens with zero attached hydrogens (tertiary/aromatic N) is 3. The molecule has 0 amide bonds. The molecular formula is C26H30N6O2S2. The van der Waals surface area contributed by atoms with Gasteiger partial charge in [0.05, 0.1) is 16.4 Å². The maximum absolute atomic E-state index is 12.4. The van der Waals surface area contributed by atoms with E-state index in [0.29, 0.717) is 23.6 Å². The molecule has 2 aromatic heterocycles. The van der Waals surface area contributed by atoms with E-state index >= 15 is 0 Å². The van der Waals surface area contributed by atoms with Crippen molar-refractivity contribution in [2.24, 2.45) is 0 Å². The summed E-state index contributed by atoms with van der Waals surface area (Å²) in [6.07, 6.45) is 4.00. The molecule has 3 N–H and O–H groups in total. The van der Waals surface area contributed by atoms with Crippen LogP contribution >= 0.6 is 11.3 Å². The Hall–Kier alpha value is -3.08. The lowest BCUT2D eigenvalue weighted by Crippen LogP contribution is -2.38. The fraction of sp³-hybridized carbons (Fsp3) is 0.346. The zero-order chi connectivity index (χ0) is 25.1. The number of aryl methyl sites for hydroxylation is 1. The van der Waals surface area contributed by atoms with E-state index in [1.165, 1.54) is 0 Å². The van der Waals surface area contributed by atoms with Crippen molar-refractivity contribution < 1.29 is 8.95 Å². The van der Waals surface area contributed by atoms with Gasteiger partial charge in [0.25, 0.3) is 0 Å². The van der Waals surface area contributed by atoms with Gasteiger partial charge in [-0.2, -0.15) is 0 Å². The van der Waals surface area contributed by atoms with Gasteiger partial charge in [-0.1, -0.05) is 24.3 Å². The highest BCUT2D eigenvalue weighted by atomic mass is 32.2. The molecule has 1 aliphatic rings. The second kappa shape index (κ2) is 10.9. The Morgan fingerprint density at radius 3 is 2.75 bits per heavy atom. The standard InChI is InChI=1S/C26H30N6O2S2/c1-16(2)36(33)32-21-10-11-23(20-9-5-4-8-19(20)21)34-25-24(35-17(3)29-25)22-12-14-28-26(31-22)30-18-7-6-13-27-15-18/h4-5,8-12,14,16,18,27,32H,6-7,13,15H2,1-3H3,(H,28,30,31). The SMILES string of the molecule is Cc1nc(Oc2ccc(NS(=O)C(C)C)c3ccccc23)c(-c2ccnc(NC3CCCNC3)n2)s1. The topological polar surface area (TPSA) is 101 Å². The van der Waals surface area contributed by atoms with Gasteiger partial charge in [-0.05, 0) is 58.4 Å². The molecule has 2 atom stereocenters. The predicted octanol–water partition coefficient (Wildman–Crippen LogP) is 5.50. The minimum absolute atomic E-state index is 0.00171. The Bertz CT molecular complexity index is 1380. The fourth-order valence-electron chi connectivity index (χ4n) is 4.13. The van der Waals surface area contributed by atoms with Crippen molar-refractivity contribution in [1.29, 1.82) is 0 Å². The number of thiazole rings is 1. The molecule has 188 valence electrons. The number of piperidine rings is 1. The first-order valence-corrected chi connectivity index (χ1v) is 14.2. The van der Waals surface area contributed by atoms with E-state index in [0.717, 1.165) is 58.0 Å². The largest absolute Gasteiger partial charge is 0.437 e. The lowest BCUT2D eigenvalue weighted by atomic mass is 10.1. The van der Waals surface area contributed by atoms with Gasteiger partial charge in [-0.15, -0.1) is 11.3 Å². The molecule has 1 saturated heterocycles. The van der Waals surface area contributed by atoms with E-state index < -0.39 is 11.0 Å². The molecule has 8 nitrogen and oxygen atoms in total. The van der Waals surface area contributed by atoms with Crippen LogP contribution in [-0.2, 0) is 11.0 Å². The van der Waals surface area contributed by atoms with Gasteiger partial charge in [0.1, 0.15) is 21.6 Å². The summed E-state index contributed by atoms with van der Waals surface area (Å²) in [6.45, 7) is 7.77. The predicted molar refractivity (Wildman–Crippen MR) is 148 cm³/mol. The Morgan fingerprint density at radius 1 is 1.14 bits per heavy atom. The maximum atomic E-state index is 12.4. The van der Waals surface area contributed by atoms with Crippen molar-refractivity contribution in [2.75, 3.05) is 23.1 Å². The first-order chi connectivity index (χ1) is 17.5. The number of hydrogen-bond donors (Lipinski definition) is 3. The van der Waals surface area contributed by atoms with Crippen molar-refractivity contribution >= 4 is 44.7 Å². The second-order valence-corrected chi connectivity index (χ2v) is 12.0. The number of aromatic nitrogens is 3. The van der Waals surface area contributed by atoms with Crippen LogP contribution in [0.2, 0.25) is 0 Å². The van der Waals surface area contributed by atoms with Crippen LogP contribution in [0.3, 0.4) is 0 Å². The van der Waals surface area contributed by atoms with Crippen molar-refractivity contribution in [1.82, 2.24) is 20.3 Å². The van der Waals surface area contributed by atoms with E-state index in [4.69, 9.17) is 9.72 Å². The van der Waals surface area contributed by atoms with Crippen LogP contribution in [0.15, 0.2) is 48.7 Å². The summed E-state index contributed by atoms with van der Waals surface area (Å²) in [6, 6.07) is 13.9. The van der Waals surface area contributed by atoms with Crippen LogP contribution in [-0.4, -0.2) is 43.5 Å². The van der Waals surface area contributed by atoms with E-state index in [-0.39, 0.29) is 5.25 Å². The highest BCUT2D eigenvalue weighted by Crippen LogP contribution is 2.40. The minimum atomic E-state index is -1.18. The summed E-state index contributed by atoms with van der Waals surface area (Å²) >= 11 is 1.54. The average molecular weight is 523 g/mol. The molecule has 0 saturated carbocycles. The zero-order valence-corrected chi connectivity index (χ0v) is 22.2. The quantitative estimate of drug-likeness (QED) is 0.281. The van der Waals surface area contributed by atoms with Gasteiger partial charge < -0.3 is 20.1 Å².